The number of carbonyl (C=O) groups is 1. The van der Waals surface area contributed by atoms with E-state index in [0.717, 1.165) is 36.1 Å². The molecule has 92 valence electrons. The van der Waals surface area contributed by atoms with Crippen molar-refractivity contribution in [2.45, 2.75) is 52.1 Å². The second-order valence-corrected chi connectivity index (χ2v) is 4.99. The maximum absolute atomic E-state index is 12.2. The van der Waals surface area contributed by atoms with Gasteiger partial charge in [-0.1, -0.05) is 31.9 Å². The van der Waals surface area contributed by atoms with Gasteiger partial charge in [0.05, 0.1) is 12.0 Å². The van der Waals surface area contributed by atoms with Gasteiger partial charge in [-0.2, -0.15) is 0 Å². The van der Waals surface area contributed by atoms with Crippen molar-refractivity contribution in [1.29, 1.82) is 0 Å². The average Bonchev–Trinajstić information content (AvgIpc) is 2.31. The lowest BCUT2D eigenvalue weighted by atomic mass is 9.84. The largest absolute Gasteiger partial charge is 0.486 e. The molecule has 1 aromatic carbocycles. The Kier molecular flexibility index (Phi) is 3.23. The van der Waals surface area contributed by atoms with E-state index in [1.165, 1.54) is 0 Å². The molecule has 0 saturated carbocycles. The first-order valence-corrected chi connectivity index (χ1v) is 6.43. The molecule has 2 heteroatoms. The van der Waals surface area contributed by atoms with Gasteiger partial charge >= 0.3 is 0 Å². The van der Waals surface area contributed by atoms with E-state index in [4.69, 9.17) is 4.74 Å². The number of Topliss-reactive ketones (excluding diaryl/α,β-unsaturated/α-hetero) is 1. The SMILES string of the molecule is CCCC1(CC)CC(=O)c2cc(C)ccc2O1. The van der Waals surface area contributed by atoms with Crippen molar-refractivity contribution < 1.29 is 9.53 Å². The molecule has 0 fully saturated rings. The number of benzene rings is 1. The number of ether oxygens (including phenoxy) is 1. The fraction of sp³-hybridized carbons (Fsp3) is 0.533. The van der Waals surface area contributed by atoms with E-state index >= 15 is 0 Å². The Labute approximate surface area is 103 Å². The van der Waals surface area contributed by atoms with Crippen LogP contribution in [0.15, 0.2) is 18.2 Å². The molecule has 0 spiro atoms. The minimum absolute atomic E-state index is 0.227. The monoisotopic (exact) mass is 232 g/mol. The Morgan fingerprint density at radius 1 is 1.35 bits per heavy atom. The second-order valence-electron chi connectivity index (χ2n) is 4.99. The molecule has 1 aliphatic heterocycles. The fourth-order valence-corrected chi connectivity index (χ4v) is 2.58. The number of fused-ring (bicyclic) bond motifs is 1. The van der Waals surface area contributed by atoms with Crippen LogP contribution in [0, 0.1) is 6.92 Å². The highest BCUT2D eigenvalue weighted by Gasteiger charge is 2.38. The molecule has 17 heavy (non-hydrogen) atoms. The summed E-state index contributed by atoms with van der Waals surface area (Å²) in [5.41, 5.74) is 1.60. The first kappa shape index (κ1) is 12.2. The number of rotatable bonds is 3. The molecule has 1 atom stereocenters. The number of hydrogen-bond acceptors (Lipinski definition) is 2. The summed E-state index contributed by atoms with van der Waals surface area (Å²) in [6.07, 6.45) is 3.40. The lowest BCUT2D eigenvalue weighted by molar-refractivity contribution is 0.0310. The van der Waals surface area contributed by atoms with Crippen LogP contribution in [0.4, 0.5) is 0 Å². The van der Waals surface area contributed by atoms with Gasteiger partial charge in [0.2, 0.25) is 0 Å². The standard InChI is InChI=1S/C15H20O2/c1-4-8-15(5-2)10-13(16)12-9-11(3)6-7-14(12)17-15/h6-7,9H,4-5,8,10H2,1-3H3. The van der Waals surface area contributed by atoms with E-state index in [1.807, 2.05) is 25.1 Å². The van der Waals surface area contributed by atoms with Gasteiger partial charge in [0.1, 0.15) is 11.4 Å². The van der Waals surface area contributed by atoms with E-state index in [-0.39, 0.29) is 11.4 Å². The number of hydrogen-bond donors (Lipinski definition) is 0. The summed E-state index contributed by atoms with van der Waals surface area (Å²) in [6.45, 7) is 6.24. The summed E-state index contributed by atoms with van der Waals surface area (Å²) in [7, 11) is 0. The molecular weight excluding hydrogens is 212 g/mol. The minimum Gasteiger partial charge on any atom is -0.486 e. The molecule has 0 N–H and O–H groups in total. The highest BCUT2D eigenvalue weighted by atomic mass is 16.5. The Hall–Kier alpha value is -1.31. The Balaban J connectivity index is 2.38. The molecule has 0 saturated heterocycles. The van der Waals surface area contributed by atoms with Gasteiger partial charge in [-0.05, 0) is 31.9 Å². The lowest BCUT2D eigenvalue weighted by Gasteiger charge is -2.37. The third kappa shape index (κ3) is 2.21. The van der Waals surface area contributed by atoms with Crippen LogP contribution in [-0.2, 0) is 0 Å². The predicted octanol–water partition coefficient (Wildman–Crippen LogP) is 3.91. The molecule has 0 aromatic heterocycles. The van der Waals surface area contributed by atoms with Crippen LogP contribution < -0.4 is 4.74 Å². The number of carbonyl (C=O) groups excluding carboxylic acids is 1. The van der Waals surface area contributed by atoms with E-state index < -0.39 is 0 Å². The molecule has 2 nitrogen and oxygen atoms in total. The normalized spacial score (nSPS) is 23.1. The molecule has 1 heterocycles. The molecule has 1 aliphatic rings. The smallest absolute Gasteiger partial charge is 0.170 e. The lowest BCUT2D eigenvalue weighted by Crippen LogP contribution is -2.41. The summed E-state index contributed by atoms with van der Waals surface area (Å²) in [5.74, 6) is 0.993. The van der Waals surface area contributed by atoms with Gasteiger partial charge in [0.25, 0.3) is 0 Å². The van der Waals surface area contributed by atoms with E-state index in [0.29, 0.717) is 6.42 Å². The number of ketones is 1. The van der Waals surface area contributed by atoms with Crippen LogP contribution in [-0.4, -0.2) is 11.4 Å². The molecular formula is C15H20O2. The topological polar surface area (TPSA) is 26.3 Å². The van der Waals surface area contributed by atoms with Crippen molar-refractivity contribution in [3.05, 3.63) is 29.3 Å². The fourth-order valence-electron chi connectivity index (χ4n) is 2.58. The molecule has 1 aromatic rings. The highest BCUT2D eigenvalue weighted by molar-refractivity contribution is 6.00. The van der Waals surface area contributed by atoms with Crippen molar-refractivity contribution >= 4 is 5.78 Å². The van der Waals surface area contributed by atoms with Gasteiger partial charge in [-0.25, -0.2) is 0 Å². The van der Waals surface area contributed by atoms with E-state index in [2.05, 4.69) is 13.8 Å². The van der Waals surface area contributed by atoms with Crippen LogP contribution in [0.1, 0.15) is 55.5 Å². The molecule has 0 radical (unpaired) electrons. The van der Waals surface area contributed by atoms with E-state index in [9.17, 15) is 4.79 Å². The predicted molar refractivity (Wildman–Crippen MR) is 68.7 cm³/mol. The van der Waals surface area contributed by atoms with Crippen LogP contribution in [0.25, 0.3) is 0 Å². The van der Waals surface area contributed by atoms with Gasteiger partial charge < -0.3 is 4.74 Å². The second kappa shape index (κ2) is 4.52. The Morgan fingerprint density at radius 3 is 2.76 bits per heavy atom. The molecule has 0 aliphatic carbocycles. The van der Waals surface area contributed by atoms with Gasteiger partial charge in [0.15, 0.2) is 5.78 Å². The zero-order valence-electron chi connectivity index (χ0n) is 10.9. The zero-order valence-corrected chi connectivity index (χ0v) is 10.9. The van der Waals surface area contributed by atoms with Gasteiger partial charge in [-0.3, -0.25) is 4.79 Å². The molecule has 0 amide bonds. The van der Waals surface area contributed by atoms with Crippen LogP contribution in [0.3, 0.4) is 0 Å². The van der Waals surface area contributed by atoms with Crippen LogP contribution in [0.2, 0.25) is 0 Å². The minimum atomic E-state index is -0.270. The van der Waals surface area contributed by atoms with Crippen LogP contribution >= 0.6 is 0 Å². The Bertz CT molecular complexity index is 437. The maximum Gasteiger partial charge on any atom is 0.170 e. The van der Waals surface area contributed by atoms with E-state index in [1.54, 1.807) is 0 Å². The number of aryl methyl sites for hydroxylation is 1. The summed E-state index contributed by atoms with van der Waals surface area (Å²) in [6, 6.07) is 5.87. The van der Waals surface area contributed by atoms with Crippen molar-refractivity contribution in [3.8, 4) is 5.75 Å². The highest BCUT2D eigenvalue weighted by Crippen LogP contribution is 2.38. The van der Waals surface area contributed by atoms with Crippen molar-refractivity contribution in [1.82, 2.24) is 0 Å². The third-order valence-electron chi connectivity index (χ3n) is 3.59. The van der Waals surface area contributed by atoms with Gasteiger partial charge in [-0.15, -0.1) is 0 Å². The van der Waals surface area contributed by atoms with Crippen molar-refractivity contribution in [2.24, 2.45) is 0 Å². The summed E-state index contributed by atoms with van der Waals surface area (Å²) in [5, 5.41) is 0. The molecule has 1 unspecified atom stereocenters. The third-order valence-corrected chi connectivity index (χ3v) is 3.59. The van der Waals surface area contributed by atoms with Gasteiger partial charge in [0, 0.05) is 0 Å². The zero-order chi connectivity index (χ0) is 12.5. The summed E-state index contributed by atoms with van der Waals surface area (Å²) < 4.78 is 6.11. The molecule has 2 rings (SSSR count). The van der Waals surface area contributed by atoms with Crippen molar-refractivity contribution in [3.63, 3.8) is 0 Å². The summed E-state index contributed by atoms with van der Waals surface area (Å²) in [4.78, 5) is 12.2. The van der Waals surface area contributed by atoms with Crippen LogP contribution in [0.5, 0.6) is 5.75 Å². The maximum atomic E-state index is 12.2. The quantitative estimate of drug-likeness (QED) is 0.789. The first-order chi connectivity index (χ1) is 8.10. The van der Waals surface area contributed by atoms with Crippen molar-refractivity contribution in [2.75, 3.05) is 0 Å². The summed E-state index contributed by atoms with van der Waals surface area (Å²) >= 11 is 0. The molecule has 0 bridgehead atoms. The first-order valence-electron chi connectivity index (χ1n) is 6.43. The average molecular weight is 232 g/mol. The Morgan fingerprint density at radius 2 is 2.12 bits per heavy atom.